The van der Waals surface area contributed by atoms with Crippen LogP contribution in [0.25, 0.3) is 0 Å². The first kappa shape index (κ1) is 30.1. The molecule has 216 valence electrons. The Morgan fingerprint density at radius 1 is 1.00 bits per heavy atom. The fraction of sp³-hybridized carbons (Fsp3) is 0.344. The van der Waals surface area contributed by atoms with Gasteiger partial charge in [0.1, 0.15) is 11.6 Å². The number of nitrogens with one attached hydrogen (secondary N) is 1. The summed E-state index contributed by atoms with van der Waals surface area (Å²) in [5.41, 5.74) is 3.17. The molecule has 1 aliphatic rings. The van der Waals surface area contributed by atoms with Crippen molar-refractivity contribution in [3.8, 4) is 0 Å². The number of thioether (sulfide) groups is 1. The summed E-state index contributed by atoms with van der Waals surface area (Å²) in [5, 5.41) is 2.83. The number of rotatable bonds is 13. The van der Waals surface area contributed by atoms with Gasteiger partial charge in [-0.25, -0.2) is 9.59 Å². The third kappa shape index (κ3) is 8.58. The SMILES string of the molecule is CCOC(=O)c1cccc(NC(=O)CSCN2c3ccccc3CC2C(=O)OC(C)(C)COCc2ccccc2)c1. The molecule has 0 aromatic heterocycles. The van der Waals surface area contributed by atoms with Gasteiger partial charge >= 0.3 is 11.9 Å². The Morgan fingerprint density at radius 3 is 2.54 bits per heavy atom. The number of benzene rings is 3. The number of anilines is 2. The number of hydrogen-bond donors (Lipinski definition) is 1. The molecule has 1 atom stereocenters. The summed E-state index contributed by atoms with van der Waals surface area (Å²) in [6, 6.07) is 23.9. The molecule has 0 bridgehead atoms. The standard InChI is InChI=1S/C32H36N2O6S/c1-4-39-30(36)25-14-10-15-26(17-25)33-29(35)20-41-22-34-27-16-9-8-13-24(27)18-28(34)31(37)40-32(2,3)21-38-19-23-11-6-5-7-12-23/h5-17,28H,4,18-22H2,1-3H3,(H,33,35). The summed E-state index contributed by atoms with van der Waals surface area (Å²) < 4.78 is 16.8. The van der Waals surface area contributed by atoms with Crippen molar-refractivity contribution in [1.29, 1.82) is 0 Å². The van der Waals surface area contributed by atoms with Crippen LogP contribution in [0.3, 0.4) is 0 Å². The highest BCUT2D eigenvalue weighted by Gasteiger charge is 2.38. The van der Waals surface area contributed by atoms with Gasteiger partial charge in [0.2, 0.25) is 5.91 Å². The van der Waals surface area contributed by atoms with Gasteiger partial charge in [-0.1, -0.05) is 54.6 Å². The predicted octanol–water partition coefficient (Wildman–Crippen LogP) is 5.46. The lowest BCUT2D eigenvalue weighted by molar-refractivity contribution is -0.164. The number of amides is 1. The highest BCUT2D eigenvalue weighted by Crippen LogP contribution is 2.34. The Hall–Kier alpha value is -3.82. The second-order valence-electron chi connectivity index (χ2n) is 10.3. The van der Waals surface area contributed by atoms with Crippen LogP contribution >= 0.6 is 11.8 Å². The van der Waals surface area contributed by atoms with E-state index in [4.69, 9.17) is 14.2 Å². The van der Waals surface area contributed by atoms with Gasteiger partial charge in [-0.05, 0) is 56.2 Å². The number of carbonyl (C=O) groups is 3. The van der Waals surface area contributed by atoms with Crippen LogP contribution in [-0.2, 0) is 36.8 Å². The van der Waals surface area contributed by atoms with Crippen LogP contribution in [0.4, 0.5) is 11.4 Å². The molecular weight excluding hydrogens is 540 g/mol. The minimum atomic E-state index is -0.808. The third-order valence-corrected chi connectivity index (χ3v) is 7.35. The number of fused-ring (bicyclic) bond motifs is 1. The number of nitrogens with zero attached hydrogens (tertiary/aromatic N) is 1. The monoisotopic (exact) mass is 576 g/mol. The van der Waals surface area contributed by atoms with Crippen LogP contribution in [-0.4, -0.2) is 54.3 Å². The molecule has 1 unspecified atom stereocenters. The quantitative estimate of drug-likeness (QED) is 0.268. The van der Waals surface area contributed by atoms with E-state index in [-0.39, 0.29) is 30.8 Å². The van der Waals surface area contributed by atoms with Crippen molar-refractivity contribution in [1.82, 2.24) is 0 Å². The lowest BCUT2D eigenvalue weighted by Crippen LogP contribution is -2.44. The molecule has 0 saturated heterocycles. The van der Waals surface area contributed by atoms with Crippen molar-refractivity contribution < 1.29 is 28.6 Å². The van der Waals surface area contributed by atoms with Crippen LogP contribution < -0.4 is 10.2 Å². The molecule has 9 heteroatoms. The Balaban J connectivity index is 1.32. The Kier molecular flexibility index (Phi) is 10.4. The highest BCUT2D eigenvalue weighted by molar-refractivity contribution is 8.00. The number of para-hydroxylation sites is 1. The summed E-state index contributed by atoms with van der Waals surface area (Å²) in [4.78, 5) is 40.1. The Morgan fingerprint density at radius 2 is 1.76 bits per heavy atom. The van der Waals surface area contributed by atoms with E-state index in [1.54, 1.807) is 31.2 Å². The molecule has 4 rings (SSSR count). The van der Waals surface area contributed by atoms with Crippen molar-refractivity contribution >= 4 is 41.0 Å². The van der Waals surface area contributed by atoms with Gasteiger partial charge in [-0.2, -0.15) is 0 Å². The number of carbonyl (C=O) groups excluding carboxylic acids is 3. The molecule has 41 heavy (non-hydrogen) atoms. The van der Waals surface area contributed by atoms with E-state index in [2.05, 4.69) is 5.32 Å². The van der Waals surface area contributed by atoms with E-state index >= 15 is 0 Å². The Bertz CT molecular complexity index is 1350. The predicted molar refractivity (Wildman–Crippen MR) is 161 cm³/mol. The molecule has 0 spiro atoms. The molecule has 1 N–H and O–H groups in total. The topological polar surface area (TPSA) is 94.2 Å². The molecule has 0 radical (unpaired) electrons. The second kappa shape index (κ2) is 14.2. The van der Waals surface area contributed by atoms with Crippen LogP contribution in [0, 0.1) is 0 Å². The first-order valence-electron chi connectivity index (χ1n) is 13.6. The maximum absolute atomic E-state index is 13.4. The summed E-state index contributed by atoms with van der Waals surface area (Å²) in [6.07, 6.45) is 0.531. The molecular formula is C32H36N2O6S. The van der Waals surface area contributed by atoms with Crippen molar-refractivity contribution in [2.45, 2.75) is 45.4 Å². The summed E-state index contributed by atoms with van der Waals surface area (Å²) in [5.74, 6) is -0.370. The summed E-state index contributed by atoms with van der Waals surface area (Å²) >= 11 is 1.40. The van der Waals surface area contributed by atoms with Gasteiger partial charge in [-0.3, -0.25) is 4.79 Å². The van der Waals surface area contributed by atoms with Crippen LogP contribution in [0.2, 0.25) is 0 Å². The first-order chi connectivity index (χ1) is 19.8. The molecule has 8 nitrogen and oxygen atoms in total. The van der Waals surface area contributed by atoms with Gasteiger partial charge in [0.05, 0.1) is 37.0 Å². The summed E-state index contributed by atoms with van der Waals surface area (Å²) in [7, 11) is 0. The van der Waals surface area contributed by atoms with Gasteiger partial charge < -0.3 is 24.4 Å². The maximum Gasteiger partial charge on any atom is 0.338 e. The second-order valence-corrected chi connectivity index (χ2v) is 11.3. The average molecular weight is 577 g/mol. The molecule has 0 fully saturated rings. The van der Waals surface area contributed by atoms with E-state index < -0.39 is 17.6 Å². The minimum absolute atomic E-state index is 0.170. The molecule has 1 amide bonds. The van der Waals surface area contributed by atoms with Gasteiger partial charge in [-0.15, -0.1) is 11.8 Å². The number of esters is 2. The zero-order chi connectivity index (χ0) is 29.2. The van der Waals surface area contributed by atoms with Crippen molar-refractivity contribution in [2.24, 2.45) is 0 Å². The van der Waals surface area contributed by atoms with Crippen molar-refractivity contribution in [3.05, 3.63) is 95.6 Å². The van der Waals surface area contributed by atoms with Crippen LogP contribution in [0.5, 0.6) is 0 Å². The lowest BCUT2D eigenvalue weighted by atomic mass is 10.1. The molecule has 0 saturated carbocycles. The van der Waals surface area contributed by atoms with E-state index in [9.17, 15) is 14.4 Å². The zero-order valence-electron chi connectivity index (χ0n) is 23.6. The normalized spacial score (nSPS) is 14.3. The van der Waals surface area contributed by atoms with E-state index in [1.165, 1.54) is 11.8 Å². The molecule has 0 aliphatic carbocycles. The average Bonchev–Trinajstić information content (AvgIpc) is 3.32. The Labute approximate surface area is 245 Å². The van der Waals surface area contributed by atoms with Gasteiger partial charge in [0.15, 0.2) is 0 Å². The van der Waals surface area contributed by atoms with E-state index in [1.807, 2.05) is 73.3 Å². The molecule has 3 aromatic rings. The molecule has 3 aromatic carbocycles. The van der Waals surface area contributed by atoms with Crippen molar-refractivity contribution in [3.63, 3.8) is 0 Å². The van der Waals surface area contributed by atoms with Crippen LogP contribution in [0.1, 0.15) is 42.3 Å². The molecule has 1 aliphatic heterocycles. The maximum atomic E-state index is 13.4. The van der Waals surface area contributed by atoms with Gasteiger partial charge in [0.25, 0.3) is 0 Å². The minimum Gasteiger partial charge on any atom is -0.462 e. The zero-order valence-corrected chi connectivity index (χ0v) is 24.4. The fourth-order valence-electron chi connectivity index (χ4n) is 4.55. The highest BCUT2D eigenvalue weighted by atomic mass is 32.2. The van der Waals surface area contributed by atoms with Crippen LogP contribution in [0.15, 0.2) is 78.9 Å². The lowest BCUT2D eigenvalue weighted by Gasteiger charge is -2.30. The summed E-state index contributed by atoms with van der Waals surface area (Å²) in [6.45, 7) is 6.41. The smallest absolute Gasteiger partial charge is 0.338 e. The fourth-order valence-corrected chi connectivity index (χ4v) is 5.42. The van der Waals surface area contributed by atoms with Gasteiger partial charge in [0, 0.05) is 17.8 Å². The van der Waals surface area contributed by atoms with E-state index in [0.717, 1.165) is 16.8 Å². The first-order valence-corrected chi connectivity index (χ1v) is 14.7. The van der Waals surface area contributed by atoms with E-state index in [0.29, 0.717) is 30.2 Å². The number of hydrogen-bond acceptors (Lipinski definition) is 8. The number of ether oxygens (including phenoxy) is 3. The third-order valence-electron chi connectivity index (χ3n) is 6.42. The molecule has 1 heterocycles. The largest absolute Gasteiger partial charge is 0.462 e. The van der Waals surface area contributed by atoms with Crippen molar-refractivity contribution in [2.75, 3.05) is 35.1 Å².